The van der Waals surface area contributed by atoms with Crippen LogP contribution in [0.5, 0.6) is 0 Å². The van der Waals surface area contributed by atoms with E-state index in [-0.39, 0.29) is 0 Å². The third-order valence-electron chi connectivity index (χ3n) is 2.70. The molecule has 1 atom stereocenters. The summed E-state index contributed by atoms with van der Waals surface area (Å²) in [5.74, 6) is -0.963. The molecule has 2 rings (SSSR count). The van der Waals surface area contributed by atoms with E-state index < -0.39 is 12.0 Å². The second kappa shape index (κ2) is 6.81. The molecule has 0 saturated carbocycles. The number of aliphatic carboxylic acids is 1. The highest BCUT2D eigenvalue weighted by molar-refractivity contribution is 5.73. The second-order valence-corrected chi connectivity index (χ2v) is 3.85. The highest BCUT2D eigenvalue weighted by Gasteiger charge is 2.16. The smallest absolute Gasteiger partial charge is 0.320 e. The number of hydrogen-bond donors (Lipinski definition) is 3. The number of rotatable bonds is 3. The minimum atomic E-state index is -0.963. The topological polar surface area (TPSA) is 79.1 Å². The number of aromatic amines is 1. The van der Waals surface area contributed by atoms with Gasteiger partial charge in [0.1, 0.15) is 6.04 Å². The molecule has 4 heteroatoms. The SMILES string of the molecule is CC.NC(Cc1c[nH]c2c1CC=CC=C2)C(=O)O. The van der Waals surface area contributed by atoms with Gasteiger partial charge in [-0.3, -0.25) is 4.79 Å². The number of aromatic nitrogens is 1. The van der Waals surface area contributed by atoms with Crippen LogP contribution in [-0.4, -0.2) is 22.1 Å². The zero-order chi connectivity index (χ0) is 13.5. The Morgan fingerprint density at radius 1 is 1.50 bits per heavy atom. The van der Waals surface area contributed by atoms with Crippen LogP contribution >= 0.6 is 0 Å². The molecule has 0 radical (unpaired) electrons. The van der Waals surface area contributed by atoms with Gasteiger partial charge < -0.3 is 15.8 Å². The Kier molecular flexibility index (Phi) is 5.39. The predicted molar refractivity (Wildman–Crippen MR) is 73.3 cm³/mol. The zero-order valence-electron chi connectivity index (χ0n) is 10.8. The molecule has 0 fully saturated rings. The van der Waals surface area contributed by atoms with E-state index in [1.165, 1.54) is 0 Å². The number of carboxylic acid groups (broad SMARTS) is 1. The van der Waals surface area contributed by atoms with Crippen molar-refractivity contribution in [3.8, 4) is 0 Å². The molecular weight excluding hydrogens is 228 g/mol. The molecule has 1 aliphatic carbocycles. The molecule has 98 valence electrons. The van der Waals surface area contributed by atoms with Crippen LogP contribution in [0.15, 0.2) is 24.4 Å². The third kappa shape index (κ3) is 3.34. The van der Waals surface area contributed by atoms with Crippen molar-refractivity contribution in [3.05, 3.63) is 41.2 Å². The fourth-order valence-electron chi connectivity index (χ4n) is 1.82. The Morgan fingerprint density at radius 3 is 2.89 bits per heavy atom. The van der Waals surface area contributed by atoms with Gasteiger partial charge in [-0.05, 0) is 23.6 Å². The van der Waals surface area contributed by atoms with Crippen LogP contribution in [0.2, 0.25) is 0 Å². The molecule has 1 aromatic heterocycles. The van der Waals surface area contributed by atoms with Gasteiger partial charge in [0, 0.05) is 18.3 Å². The van der Waals surface area contributed by atoms with Gasteiger partial charge in [-0.15, -0.1) is 0 Å². The van der Waals surface area contributed by atoms with Gasteiger partial charge in [0.2, 0.25) is 0 Å². The van der Waals surface area contributed by atoms with Gasteiger partial charge in [-0.25, -0.2) is 0 Å². The summed E-state index contributed by atoms with van der Waals surface area (Å²) in [6.07, 6.45) is 11.0. The molecule has 0 aromatic carbocycles. The van der Waals surface area contributed by atoms with E-state index in [9.17, 15) is 4.79 Å². The molecular formula is C14H20N2O2. The van der Waals surface area contributed by atoms with Crippen LogP contribution in [0.4, 0.5) is 0 Å². The monoisotopic (exact) mass is 248 g/mol. The Hall–Kier alpha value is -1.81. The molecule has 0 aliphatic heterocycles. The lowest BCUT2D eigenvalue weighted by atomic mass is 10.0. The van der Waals surface area contributed by atoms with Gasteiger partial charge in [0.25, 0.3) is 0 Å². The minimum Gasteiger partial charge on any atom is -0.480 e. The summed E-state index contributed by atoms with van der Waals surface area (Å²) in [6, 6.07) is -0.837. The second-order valence-electron chi connectivity index (χ2n) is 3.85. The summed E-state index contributed by atoms with van der Waals surface area (Å²) in [6.45, 7) is 4.00. The first kappa shape index (κ1) is 14.3. The largest absolute Gasteiger partial charge is 0.480 e. The summed E-state index contributed by atoms with van der Waals surface area (Å²) in [5, 5.41) is 8.78. The molecule has 0 amide bonds. The van der Waals surface area contributed by atoms with Crippen LogP contribution in [0.1, 0.15) is 30.7 Å². The number of nitrogens with two attached hydrogens (primary N) is 1. The fraction of sp³-hybridized carbons (Fsp3) is 0.357. The number of carboxylic acids is 1. The zero-order valence-corrected chi connectivity index (χ0v) is 10.8. The average molecular weight is 248 g/mol. The van der Waals surface area contributed by atoms with Crippen molar-refractivity contribution in [2.75, 3.05) is 0 Å². The number of nitrogens with one attached hydrogen (secondary N) is 1. The van der Waals surface area contributed by atoms with Crippen LogP contribution in [-0.2, 0) is 17.6 Å². The first-order chi connectivity index (χ1) is 8.68. The van der Waals surface area contributed by atoms with Gasteiger partial charge in [0.15, 0.2) is 0 Å². The summed E-state index contributed by atoms with van der Waals surface area (Å²) >= 11 is 0. The van der Waals surface area contributed by atoms with E-state index in [1.807, 2.05) is 44.3 Å². The Bertz CT molecular complexity index is 458. The molecule has 18 heavy (non-hydrogen) atoms. The maximum absolute atomic E-state index is 10.7. The number of carbonyl (C=O) groups is 1. The van der Waals surface area contributed by atoms with Gasteiger partial charge in [0.05, 0.1) is 0 Å². The minimum absolute atomic E-state index is 0.364. The molecule has 1 heterocycles. The Balaban J connectivity index is 0.000000771. The average Bonchev–Trinajstić information content (AvgIpc) is 2.62. The molecule has 1 aliphatic rings. The molecule has 4 N–H and O–H groups in total. The van der Waals surface area contributed by atoms with Crippen molar-refractivity contribution in [2.24, 2.45) is 5.73 Å². The van der Waals surface area contributed by atoms with E-state index in [0.29, 0.717) is 6.42 Å². The van der Waals surface area contributed by atoms with Gasteiger partial charge in [-0.1, -0.05) is 32.1 Å². The van der Waals surface area contributed by atoms with E-state index in [1.54, 1.807) is 0 Å². The van der Waals surface area contributed by atoms with E-state index in [4.69, 9.17) is 10.8 Å². The molecule has 1 aromatic rings. The Morgan fingerprint density at radius 2 is 2.22 bits per heavy atom. The fourth-order valence-corrected chi connectivity index (χ4v) is 1.82. The number of hydrogen-bond acceptors (Lipinski definition) is 2. The van der Waals surface area contributed by atoms with E-state index in [0.717, 1.165) is 23.2 Å². The van der Waals surface area contributed by atoms with E-state index in [2.05, 4.69) is 4.98 Å². The van der Waals surface area contributed by atoms with Gasteiger partial charge in [-0.2, -0.15) is 0 Å². The lowest BCUT2D eigenvalue weighted by molar-refractivity contribution is -0.138. The van der Waals surface area contributed by atoms with Crippen molar-refractivity contribution < 1.29 is 9.90 Å². The highest BCUT2D eigenvalue weighted by Crippen LogP contribution is 2.20. The number of fused-ring (bicyclic) bond motifs is 1. The highest BCUT2D eigenvalue weighted by atomic mass is 16.4. The van der Waals surface area contributed by atoms with E-state index >= 15 is 0 Å². The van der Waals surface area contributed by atoms with Crippen molar-refractivity contribution >= 4 is 12.0 Å². The maximum Gasteiger partial charge on any atom is 0.320 e. The molecule has 0 saturated heterocycles. The maximum atomic E-state index is 10.7. The van der Waals surface area contributed by atoms with Crippen molar-refractivity contribution in [1.82, 2.24) is 4.98 Å². The first-order valence-corrected chi connectivity index (χ1v) is 6.19. The first-order valence-electron chi connectivity index (χ1n) is 6.19. The molecule has 1 unspecified atom stereocenters. The van der Waals surface area contributed by atoms with Crippen LogP contribution in [0, 0.1) is 0 Å². The lowest BCUT2D eigenvalue weighted by Gasteiger charge is -2.06. The van der Waals surface area contributed by atoms with Crippen molar-refractivity contribution in [2.45, 2.75) is 32.7 Å². The number of H-pyrrole nitrogens is 1. The quantitative estimate of drug-likeness (QED) is 0.766. The van der Waals surface area contributed by atoms with Crippen LogP contribution in [0.25, 0.3) is 6.08 Å². The molecule has 4 nitrogen and oxygen atoms in total. The summed E-state index contributed by atoms with van der Waals surface area (Å²) in [7, 11) is 0. The normalized spacial score (nSPS) is 14.2. The van der Waals surface area contributed by atoms with Crippen LogP contribution in [0.3, 0.4) is 0 Å². The Labute approximate surface area is 107 Å². The van der Waals surface area contributed by atoms with Crippen LogP contribution < -0.4 is 5.73 Å². The number of allylic oxidation sites excluding steroid dienone is 3. The lowest BCUT2D eigenvalue weighted by Crippen LogP contribution is -2.32. The third-order valence-corrected chi connectivity index (χ3v) is 2.70. The predicted octanol–water partition coefficient (Wildman–Crippen LogP) is 2.12. The standard InChI is InChI=1S/C12H14N2O2.C2H6/c13-10(12(15)16)6-8-7-14-11-5-3-1-2-4-9(8)11;1-2/h1-3,5,7,10,14H,4,6,13H2,(H,15,16);1-2H3. The van der Waals surface area contributed by atoms with Gasteiger partial charge >= 0.3 is 5.97 Å². The molecule has 0 spiro atoms. The summed E-state index contributed by atoms with van der Waals surface area (Å²) < 4.78 is 0. The molecule has 0 bridgehead atoms. The summed E-state index contributed by atoms with van der Waals surface area (Å²) in [5.41, 5.74) is 8.70. The van der Waals surface area contributed by atoms with Crippen molar-refractivity contribution in [3.63, 3.8) is 0 Å². The van der Waals surface area contributed by atoms with Crippen molar-refractivity contribution in [1.29, 1.82) is 0 Å². The summed E-state index contributed by atoms with van der Waals surface area (Å²) in [4.78, 5) is 13.8.